The van der Waals surface area contributed by atoms with Crippen LogP contribution in [0.15, 0.2) is 0 Å². The van der Waals surface area contributed by atoms with Crippen molar-refractivity contribution in [2.45, 2.75) is 52.4 Å². The first kappa shape index (κ1) is 17.4. The molecule has 1 N–H and O–H groups in total. The monoisotopic (exact) mass is 354 g/mol. The normalized spacial score (nSPS) is 19.3. The Balaban J connectivity index is 2.49. The first-order valence-corrected chi connectivity index (χ1v) is 9.74. The molecule has 1 heterocycles. The molecule has 114 valence electrons. The van der Waals surface area contributed by atoms with Crippen LogP contribution in [-0.2, 0) is 10.2 Å². The molecule has 1 saturated heterocycles. The van der Waals surface area contributed by atoms with Crippen LogP contribution >= 0.6 is 15.9 Å². The first-order chi connectivity index (χ1) is 8.87. The molecule has 1 fully saturated rings. The highest BCUT2D eigenvalue weighted by molar-refractivity contribution is 9.09. The van der Waals surface area contributed by atoms with Gasteiger partial charge < -0.3 is 0 Å². The zero-order valence-electron chi connectivity index (χ0n) is 12.1. The van der Waals surface area contributed by atoms with Gasteiger partial charge >= 0.3 is 0 Å². The van der Waals surface area contributed by atoms with Crippen molar-refractivity contribution in [1.82, 2.24) is 9.03 Å². The van der Waals surface area contributed by atoms with Gasteiger partial charge in [-0.15, -0.1) is 0 Å². The number of rotatable bonds is 7. The van der Waals surface area contributed by atoms with E-state index in [0.29, 0.717) is 19.6 Å². The molecule has 0 unspecified atom stereocenters. The minimum absolute atomic E-state index is 0.00664. The van der Waals surface area contributed by atoms with Crippen LogP contribution in [-0.4, -0.2) is 37.7 Å². The molecule has 0 aromatic carbocycles. The van der Waals surface area contributed by atoms with E-state index in [2.05, 4.69) is 34.5 Å². The van der Waals surface area contributed by atoms with E-state index >= 15 is 0 Å². The summed E-state index contributed by atoms with van der Waals surface area (Å²) in [6.07, 6.45) is 6.33. The molecule has 19 heavy (non-hydrogen) atoms. The number of nitrogens with one attached hydrogen (secondary N) is 1. The number of hydrogen-bond acceptors (Lipinski definition) is 2. The lowest BCUT2D eigenvalue weighted by Gasteiger charge is -2.27. The van der Waals surface area contributed by atoms with E-state index in [-0.39, 0.29) is 5.41 Å². The number of nitrogens with zero attached hydrogens (tertiary/aromatic N) is 1. The van der Waals surface area contributed by atoms with Gasteiger partial charge in [0.15, 0.2) is 0 Å². The average Bonchev–Trinajstić information content (AvgIpc) is 2.64. The van der Waals surface area contributed by atoms with Crippen molar-refractivity contribution in [3.8, 4) is 0 Å². The van der Waals surface area contributed by atoms with Crippen LogP contribution in [0.25, 0.3) is 0 Å². The van der Waals surface area contributed by atoms with Crippen LogP contribution in [0, 0.1) is 5.41 Å². The van der Waals surface area contributed by atoms with Crippen LogP contribution in [0.2, 0.25) is 0 Å². The molecule has 1 aliphatic heterocycles. The van der Waals surface area contributed by atoms with Gasteiger partial charge in [-0.25, -0.2) is 4.72 Å². The molecule has 0 amide bonds. The molecule has 1 rings (SSSR count). The lowest BCUT2D eigenvalue weighted by atomic mass is 9.88. The van der Waals surface area contributed by atoms with Crippen LogP contribution in [0.4, 0.5) is 0 Å². The summed E-state index contributed by atoms with van der Waals surface area (Å²) in [7, 11) is -3.29. The standard InChI is InChI=1S/C13H27BrN2O2S/c1-13(2,8-7-9-14)12-15-19(17,18)16-10-5-3-4-6-11-16/h15H,3-12H2,1-2H3. The lowest BCUT2D eigenvalue weighted by Crippen LogP contribution is -2.44. The smallest absolute Gasteiger partial charge is 0.202 e. The van der Waals surface area contributed by atoms with E-state index in [1.54, 1.807) is 4.31 Å². The first-order valence-electron chi connectivity index (χ1n) is 7.18. The topological polar surface area (TPSA) is 49.4 Å². The van der Waals surface area contributed by atoms with Gasteiger partial charge in [0.25, 0.3) is 10.2 Å². The van der Waals surface area contributed by atoms with Crippen molar-refractivity contribution in [3.05, 3.63) is 0 Å². The van der Waals surface area contributed by atoms with E-state index in [1.165, 1.54) is 0 Å². The van der Waals surface area contributed by atoms with Gasteiger partial charge in [-0.3, -0.25) is 0 Å². The third-order valence-corrected chi connectivity index (χ3v) is 5.74. The van der Waals surface area contributed by atoms with Crippen LogP contribution in [0.3, 0.4) is 0 Å². The highest BCUT2D eigenvalue weighted by Gasteiger charge is 2.26. The molecule has 4 nitrogen and oxygen atoms in total. The van der Waals surface area contributed by atoms with Gasteiger partial charge in [0.1, 0.15) is 0 Å². The van der Waals surface area contributed by atoms with Crippen molar-refractivity contribution >= 4 is 26.1 Å². The molecule has 0 radical (unpaired) electrons. The van der Waals surface area contributed by atoms with Crippen molar-refractivity contribution in [2.24, 2.45) is 5.41 Å². The predicted octanol–water partition coefficient (Wildman–Crippen LogP) is 2.90. The van der Waals surface area contributed by atoms with Gasteiger partial charge in [-0.05, 0) is 31.1 Å². The fourth-order valence-electron chi connectivity index (χ4n) is 2.29. The molecule has 0 bridgehead atoms. The molecule has 6 heteroatoms. The van der Waals surface area contributed by atoms with Gasteiger partial charge in [0.05, 0.1) is 0 Å². The molecule has 1 aliphatic rings. The summed E-state index contributed by atoms with van der Waals surface area (Å²) in [5.41, 5.74) is 0.00664. The Labute approximate surface area is 126 Å². The molecule has 0 saturated carbocycles. The fraction of sp³-hybridized carbons (Fsp3) is 1.00. The van der Waals surface area contributed by atoms with E-state index in [0.717, 1.165) is 43.9 Å². The Hall–Kier alpha value is 0.350. The highest BCUT2D eigenvalue weighted by Crippen LogP contribution is 2.22. The molecule has 0 atom stereocenters. The van der Waals surface area contributed by atoms with Gasteiger partial charge in [0.2, 0.25) is 0 Å². The minimum atomic E-state index is -3.29. The molecule has 0 spiro atoms. The lowest BCUT2D eigenvalue weighted by molar-refractivity contribution is 0.324. The average molecular weight is 355 g/mol. The van der Waals surface area contributed by atoms with Crippen molar-refractivity contribution in [2.75, 3.05) is 25.0 Å². The summed E-state index contributed by atoms with van der Waals surface area (Å²) < 4.78 is 28.9. The zero-order chi connectivity index (χ0) is 14.4. The summed E-state index contributed by atoms with van der Waals surface area (Å²) in [5.74, 6) is 0. The molecular formula is C13H27BrN2O2S. The molecule has 0 aromatic heterocycles. The summed E-state index contributed by atoms with van der Waals surface area (Å²) in [6.45, 7) is 6.06. The maximum absolute atomic E-state index is 12.3. The second-order valence-electron chi connectivity index (χ2n) is 6.10. The summed E-state index contributed by atoms with van der Waals surface area (Å²) in [4.78, 5) is 0. The Morgan fingerprint density at radius 3 is 2.26 bits per heavy atom. The SMILES string of the molecule is CC(C)(CCCBr)CNS(=O)(=O)N1CCCCCC1. The van der Waals surface area contributed by atoms with Crippen LogP contribution < -0.4 is 4.72 Å². The maximum atomic E-state index is 12.3. The zero-order valence-corrected chi connectivity index (χ0v) is 14.5. The quantitative estimate of drug-likeness (QED) is 0.714. The van der Waals surface area contributed by atoms with Gasteiger partial charge in [-0.1, -0.05) is 42.6 Å². The van der Waals surface area contributed by atoms with E-state index in [9.17, 15) is 8.42 Å². The molecule has 0 aliphatic carbocycles. The summed E-state index contributed by atoms with van der Waals surface area (Å²) >= 11 is 3.42. The van der Waals surface area contributed by atoms with Crippen LogP contribution in [0.1, 0.15) is 52.4 Å². The Morgan fingerprint density at radius 2 is 1.74 bits per heavy atom. The maximum Gasteiger partial charge on any atom is 0.279 e. The predicted molar refractivity (Wildman–Crippen MR) is 83.8 cm³/mol. The summed E-state index contributed by atoms with van der Waals surface area (Å²) in [6, 6.07) is 0. The minimum Gasteiger partial charge on any atom is -0.202 e. The third kappa shape index (κ3) is 6.56. The highest BCUT2D eigenvalue weighted by atomic mass is 79.9. The Kier molecular flexibility index (Phi) is 7.29. The second-order valence-corrected chi connectivity index (χ2v) is 8.64. The van der Waals surface area contributed by atoms with Crippen molar-refractivity contribution in [3.63, 3.8) is 0 Å². The molecule has 0 aromatic rings. The van der Waals surface area contributed by atoms with Gasteiger partial charge in [-0.2, -0.15) is 12.7 Å². The van der Waals surface area contributed by atoms with Crippen molar-refractivity contribution in [1.29, 1.82) is 0 Å². The summed E-state index contributed by atoms with van der Waals surface area (Å²) in [5, 5.41) is 0.968. The number of hydrogen-bond donors (Lipinski definition) is 1. The Bertz CT molecular complexity index is 350. The van der Waals surface area contributed by atoms with E-state index < -0.39 is 10.2 Å². The third-order valence-electron chi connectivity index (χ3n) is 3.63. The van der Waals surface area contributed by atoms with E-state index in [4.69, 9.17) is 0 Å². The second kappa shape index (κ2) is 7.96. The molecular weight excluding hydrogens is 328 g/mol. The van der Waals surface area contributed by atoms with Crippen LogP contribution in [0.5, 0.6) is 0 Å². The largest absolute Gasteiger partial charge is 0.279 e. The van der Waals surface area contributed by atoms with Crippen molar-refractivity contribution < 1.29 is 8.42 Å². The number of alkyl halides is 1. The van der Waals surface area contributed by atoms with E-state index in [1.807, 2.05) is 0 Å². The van der Waals surface area contributed by atoms with Gasteiger partial charge in [0, 0.05) is 25.0 Å². The fourth-order valence-corrected chi connectivity index (χ4v) is 4.07. The number of halogens is 1. The Morgan fingerprint density at radius 1 is 1.16 bits per heavy atom.